The van der Waals surface area contributed by atoms with E-state index in [1.807, 2.05) is 6.92 Å². The first-order chi connectivity index (χ1) is 14.8. The molecule has 0 radical (unpaired) electrons. The highest BCUT2D eigenvalue weighted by atomic mass is 19.2. The van der Waals surface area contributed by atoms with Crippen molar-refractivity contribution in [2.75, 3.05) is 0 Å². The highest BCUT2D eigenvalue weighted by molar-refractivity contribution is 6.04. The molecule has 5 rings (SSSR count). The number of hydrogen-bond donors (Lipinski definition) is 0. The molecule has 0 N–H and O–H groups in total. The fraction of sp³-hybridized carbons (Fsp3) is 0.0769. The summed E-state index contributed by atoms with van der Waals surface area (Å²) in [5.41, 5.74) is 1.67. The van der Waals surface area contributed by atoms with Gasteiger partial charge in [-0.05, 0) is 42.2 Å². The molecule has 5 heteroatoms. The minimum absolute atomic E-state index is 0.0551. The Bertz CT molecular complexity index is 1380. The summed E-state index contributed by atoms with van der Waals surface area (Å²) in [6.45, 7) is 3.31. The lowest BCUT2D eigenvalue weighted by Crippen LogP contribution is -2.09. The van der Waals surface area contributed by atoms with Crippen LogP contribution in [0.2, 0.25) is 0 Å². The van der Waals surface area contributed by atoms with E-state index in [1.54, 1.807) is 24.3 Å². The molecule has 4 aromatic carbocycles. The van der Waals surface area contributed by atoms with Gasteiger partial charge in [-0.2, -0.15) is 0 Å². The highest BCUT2D eigenvalue weighted by Crippen LogP contribution is 2.52. The molecule has 1 aliphatic carbocycles. The van der Waals surface area contributed by atoms with Crippen LogP contribution in [0, 0.1) is 42.9 Å². The highest BCUT2D eigenvalue weighted by Gasteiger charge is 2.34. The largest absolute Gasteiger partial charge is 0.206 e. The van der Waals surface area contributed by atoms with Gasteiger partial charge in [0.25, 0.3) is 0 Å². The Hall–Kier alpha value is -3.47. The number of hydrogen-bond acceptors (Lipinski definition) is 0. The van der Waals surface area contributed by atoms with Crippen molar-refractivity contribution in [1.29, 1.82) is 0 Å². The van der Waals surface area contributed by atoms with Gasteiger partial charge in [-0.1, -0.05) is 54.1 Å². The van der Waals surface area contributed by atoms with E-state index in [-0.39, 0.29) is 33.4 Å². The summed E-state index contributed by atoms with van der Waals surface area (Å²) in [6.07, 6.45) is 0. The molecule has 0 heterocycles. The van der Waals surface area contributed by atoms with E-state index in [9.17, 15) is 17.6 Å². The van der Waals surface area contributed by atoms with Crippen LogP contribution in [0.25, 0.3) is 44.5 Å². The average molecular weight is 422 g/mol. The summed E-state index contributed by atoms with van der Waals surface area (Å²) in [4.78, 5) is 0. The molecule has 0 spiro atoms. The normalized spacial score (nSPS) is 11.7. The van der Waals surface area contributed by atoms with Crippen molar-refractivity contribution in [1.82, 2.24) is 0 Å². The second-order valence-electron chi connectivity index (χ2n) is 7.75. The van der Waals surface area contributed by atoms with Crippen LogP contribution >= 0.6 is 0 Å². The summed E-state index contributed by atoms with van der Waals surface area (Å²) in [6, 6.07) is 13.9. The van der Waals surface area contributed by atoms with Crippen molar-refractivity contribution in [3.8, 4) is 44.5 Å². The Morgan fingerprint density at radius 2 is 0.968 bits per heavy atom. The number of benzene rings is 4. The molecule has 0 unspecified atom stereocenters. The van der Waals surface area contributed by atoms with Crippen LogP contribution in [-0.4, -0.2) is 0 Å². The molecule has 0 aliphatic heterocycles. The average Bonchev–Trinajstić information content (AvgIpc) is 2.74. The third kappa shape index (κ3) is 2.73. The van der Waals surface area contributed by atoms with Crippen molar-refractivity contribution >= 4 is 0 Å². The van der Waals surface area contributed by atoms with Crippen molar-refractivity contribution in [3.05, 3.63) is 94.8 Å². The molecule has 0 bridgehead atoms. The van der Waals surface area contributed by atoms with E-state index in [2.05, 4.69) is 0 Å². The van der Waals surface area contributed by atoms with E-state index in [1.165, 1.54) is 37.3 Å². The van der Waals surface area contributed by atoms with Crippen molar-refractivity contribution in [2.24, 2.45) is 0 Å². The summed E-state index contributed by atoms with van der Waals surface area (Å²) in [7, 11) is 0. The zero-order valence-corrected chi connectivity index (χ0v) is 16.6. The smallest absolute Gasteiger partial charge is 0.167 e. The Morgan fingerprint density at radius 1 is 0.452 bits per heavy atom. The first-order valence-corrected chi connectivity index (χ1v) is 9.66. The van der Waals surface area contributed by atoms with Crippen LogP contribution in [0.1, 0.15) is 11.1 Å². The molecule has 0 atom stereocenters. The van der Waals surface area contributed by atoms with Crippen molar-refractivity contribution in [2.45, 2.75) is 13.8 Å². The topological polar surface area (TPSA) is 0 Å². The summed E-state index contributed by atoms with van der Waals surface area (Å²) in [5, 5.41) is 0. The van der Waals surface area contributed by atoms with Crippen LogP contribution in [0.3, 0.4) is 0 Å². The molecule has 0 saturated heterocycles. The Balaban J connectivity index is 1.64. The van der Waals surface area contributed by atoms with Crippen LogP contribution in [0.4, 0.5) is 22.0 Å². The predicted octanol–water partition coefficient (Wildman–Crippen LogP) is 7.98. The van der Waals surface area contributed by atoms with Gasteiger partial charge in [-0.3, -0.25) is 0 Å². The maximum absolute atomic E-state index is 15.3. The monoisotopic (exact) mass is 422 g/mol. The summed E-state index contributed by atoms with van der Waals surface area (Å²) in [5.74, 6) is -5.40. The van der Waals surface area contributed by atoms with Crippen LogP contribution in [0.15, 0.2) is 54.6 Å². The van der Waals surface area contributed by atoms with Gasteiger partial charge in [-0.25, -0.2) is 22.0 Å². The summed E-state index contributed by atoms with van der Waals surface area (Å²) >= 11 is 0. The quantitative estimate of drug-likeness (QED) is 0.253. The Morgan fingerprint density at radius 3 is 1.65 bits per heavy atom. The van der Waals surface area contributed by atoms with Gasteiger partial charge in [0.05, 0.1) is 0 Å². The Kier molecular flexibility index (Phi) is 4.26. The molecule has 0 aromatic heterocycles. The minimum atomic E-state index is -1.20. The minimum Gasteiger partial charge on any atom is -0.206 e. The fourth-order valence-electron chi connectivity index (χ4n) is 4.11. The number of aryl methyl sites for hydroxylation is 2. The second kappa shape index (κ2) is 6.77. The lowest BCUT2D eigenvalue weighted by atomic mass is 9.77. The lowest BCUT2D eigenvalue weighted by Gasteiger charge is -2.27. The fourth-order valence-corrected chi connectivity index (χ4v) is 4.11. The van der Waals surface area contributed by atoms with Gasteiger partial charge >= 0.3 is 0 Å². The SMILES string of the molecule is Cc1ccc(-c2ccc(-c3ccc4c(c3F)-c3c-4cc(C)c(F)c3F)c(F)c2F)cc1. The molecule has 0 nitrogen and oxygen atoms in total. The zero-order chi connectivity index (χ0) is 22.0. The molecule has 0 fully saturated rings. The zero-order valence-electron chi connectivity index (χ0n) is 16.6. The molecule has 1 aliphatic rings. The maximum Gasteiger partial charge on any atom is 0.167 e. The number of rotatable bonds is 2. The predicted molar refractivity (Wildman–Crippen MR) is 111 cm³/mol. The molecular formula is C26H15F5. The van der Waals surface area contributed by atoms with E-state index < -0.39 is 29.1 Å². The van der Waals surface area contributed by atoms with Crippen LogP contribution in [0.5, 0.6) is 0 Å². The number of halogens is 5. The first kappa shape index (κ1) is 19.5. The molecular weight excluding hydrogens is 407 g/mol. The van der Waals surface area contributed by atoms with Crippen LogP contribution in [-0.2, 0) is 0 Å². The van der Waals surface area contributed by atoms with Gasteiger partial charge in [0.15, 0.2) is 23.3 Å². The van der Waals surface area contributed by atoms with Crippen molar-refractivity contribution in [3.63, 3.8) is 0 Å². The molecule has 4 aromatic rings. The van der Waals surface area contributed by atoms with E-state index in [4.69, 9.17) is 0 Å². The number of fused-ring (bicyclic) bond motifs is 4. The third-order valence-electron chi connectivity index (χ3n) is 5.81. The molecule has 0 saturated carbocycles. The molecule has 154 valence electrons. The third-order valence-corrected chi connectivity index (χ3v) is 5.81. The lowest BCUT2D eigenvalue weighted by molar-refractivity contribution is 0.504. The van der Waals surface area contributed by atoms with Crippen LogP contribution < -0.4 is 0 Å². The standard InChI is InChI=1S/C26H15F5/c1-12-3-5-14(6-4-12)15-7-9-18(25(30)24(15)29)17-10-8-16-19-11-13(2)22(27)26(31)21(19)20(16)23(17)28/h3-11H,1-2H3. The molecule has 0 amide bonds. The van der Waals surface area contributed by atoms with Crippen molar-refractivity contribution < 1.29 is 22.0 Å². The van der Waals surface area contributed by atoms with Gasteiger partial charge < -0.3 is 0 Å². The summed E-state index contributed by atoms with van der Waals surface area (Å²) < 4.78 is 73.5. The first-order valence-electron chi connectivity index (χ1n) is 9.66. The van der Waals surface area contributed by atoms with Gasteiger partial charge in [0, 0.05) is 27.8 Å². The van der Waals surface area contributed by atoms with E-state index >= 15 is 4.39 Å². The van der Waals surface area contributed by atoms with Gasteiger partial charge in [0.1, 0.15) is 5.82 Å². The van der Waals surface area contributed by atoms with Gasteiger partial charge in [-0.15, -0.1) is 0 Å². The Labute approximate surface area is 175 Å². The van der Waals surface area contributed by atoms with E-state index in [0.29, 0.717) is 16.7 Å². The van der Waals surface area contributed by atoms with E-state index in [0.717, 1.165) is 5.56 Å². The maximum atomic E-state index is 15.3. The molecule has 31 heavy (non-hydrogen) atoms. The second-order valence-corrected chi connectivity index (χ2v) is 7.75. The van der Waals surface area contributed by atoms with Gasteiger partial charge in [0.2, 0.25) is 0 Å².